The number of carbonyl (C=O) groups excluding carboxylic acids is 1. The number of piperidine rings is 1. The number of aryl methyl sites for hydroxylation is 1. The van der Waals surface area contributed by atoms with Gasteiger partial charge in [0, 0.05) is 23.8 Å². The minimum absolute atomic E-state index is 0.144. The summed E-state index contributed by atoms with van der Waals surface area (Å²) in [6.45, 7) is 2.92. The van der Waals surface area contributed by atoms with Crippen molar-refractivity contribution in [3.05, 3.63) is 28.5 Å². The van der Waals surface area contributed by atoms with Gasteiger partial charge in [0.2, 0.25) is 0 Å². The Morgan fingerprint density at radius 2 is 2.05 bits per heavy atom. The summed E-state index contributed by atoms with van der Waals surface area (Å²) in [5.41, 5.74) is 1.60. The lowest BCUT2D eigenvalue weighted by Gasteiger charge is -2.44. The van der Waals surface area contributed by atoms with Gasteiger partial charge < -0.3 is 4.90 Å². The van der Waals surface area contributed by atoms with Crippen LogP contribution in [0.2, 0.25) is 5.15 Å². The van der Waals surface area contributed by atoms with Gasteiger partial charge in [-0.2, -0.15) is 0 Å². The van der Waals surface area contributed by atoms with Crippen LogP contribution in [0, 0.1) is 5.92 Å². The topological polar surface area (TPSA) is 33.2 Å². The highest BCUT2D eigenvalue weighted by atomic mass is 35.5. The SMILES string of the molecule is CCc1cc(C(=O)N2CCC[C@H]3CCCC[C@H]32)cc(Cl)n1. The van der Waals surface area contributed by atoms with Gasteiger partial charge in [0.25, 0.3) is 5.91 Å². The number of hydrogen-bond donors (Lipinski definition) is 0. The second-order valence-electron chi connectivity index (χ2n) is 6.28. The number of aromatic nitrogens is 1. The number of rotatable bonds is 2. The van der Waals surface area contributed by atoms with E-state index in [0.29, 0.717) is 22.7 Å². The Balaban J connectivity index is 1.85. The van der Waals surface area contributed by atoms with Gasteiger partial charge in [-0.1, -0.05) is 31.4 Å². The number of carbonyl (C=O) groups is 1. The third-order valence-electron chi connectivity index (χ3n) is 4.96. The molecule has 0 aromatic carbocycles. The van der Waals surface area contributed by atoms with E-state index in [2.05, 4.69) is 9.88 Å². The van der Waals surface area contributed by atoms with Crippen molar-refractivity contribution >= 4 is 17.5 Å². The summed E-state index contributed by atoms with van der Waals surface area (Å²) < 4.78 is 0. The van der Waals surface area contributed by atoms with Gasteiger partial charge in [0.15, 0.2) is 0 Å². The first-order valence-corrected chi connectivity index (χ1v) is 8.54. The van der Waals surface area contributed by atoms with Crippen LogP contribution < -0.4 is 0 Å². The zero-order valence-electron chi connectivity index (χ0n) is 12.6. The molecular weight excluding hydrogens is 284 g/mol. The molecule has 0 bridgehead atoms. The van der Waals surface area contributed by atoms with Crippen LogP contribution in [0.3, 0.4) is 0 Å². The molecule has 1 saturated carbocycles. The van der Waals surface area contributed by atoms with Crippen molar-refractivity contribution < 1.29 is 4.79 Å². The van der Waals surface area contributed by atoms with Gasteiger partial charge >= 0.3 is 0 Å². The van der Waals surface area contributed by atoms with Crippen LogP contribution in [0.4, 0.5) is 0 Å². The van der Waals surface area contributed by atoms with Gasteiger partial charge in [-0.25, -0.2) is 4.98 Å². The Hall–Kier alpha value is -1.09. The maximum Gasteiger partial charge on any atom is 0.254 e. The zero-order valence-corrected chi connectivity index (χ0v) is 13.4. The molecule has 1 aromatic rings. The van der Waals surface area contributed by atoms with E-state index in [-0.39, 0.29) is 5.91 Å². The summed E-state index contributed by atoms with van der Waals surface area (Å²) in [6.07, 6.45) is 8.24. The molecule has 0 radical (unpaired) electrons. The van der Waals surface area contributed by atoms with E-state index in [1.54, 1.807) is 6.07 Å². The summed E-state index contributed by atoms with van der Waals surface area (Å²) in [5, 5.41) is 0.426. The number of pyridine rings is 1. The highest BCUT2D eigenvalue weighted by molar-refractivity contribution is 6.29. The van der Waals surface area contributed by atoms with Gasteiger partial charge in [-0.15, -0.1) is 0 Å². The van der Waals surface area contributed by atoms with Crippen LogP contribution in [-0.2, 0) is 6.42 Å². The largest absolute Gasteiger partial charge is 0.335 e. The van der Waals surface area contributed by atoms with Crippen LogP contribution in [0.25, 0.3) is 0 Å². The summed E-state index contributed by atoms with van der Waals surface area (Å²) >= 11 is 6.07. The second kappa shape index (κ2) is 6.35. The number of likely N-dealkylation sites (tertiary alicyclic amines) is 1. The molecule has 21 heavy (non-hydrogen) atoms. The first-order valence-electron chi connectivity index (χ1n) is 8.16. The maximum atomic E-state index is 12.9. The number of amides is 1. The molecule has 1 aromatic heterocycles. The minimum atomic E-state index is 0.144. The molecule has 0 N–H and O–H groups in total. The Bertz CT molecular complexity index is 530. The normalized spacial score (nSPS) is 25.5. The van der Waals surface area contributed by atoms with Crippen LogP contribution in [0.5, 0.6) is 0 Å². The van der Waals surface area contributed by atoms with Crippen molar-refractivity contribution in [1.82, 2.24) is 9.88 Å². The smallest absolute Gasteiger partial charge is 0.254 e. The molecule has 1 amide bonds. The van der Waals surface area contributed by atoms with Crippen molar-refractivity contribution in [3.8, 4) is 0 Å². The summed E-state index contributed by atoms with van der Waals surface area (Å²) in [7, 11) is 0. The average molecular weight is 307 g/mol. The molecule has 1 aliphatic carbocycles. The van der Waals surface area contributed by atoms with Crippen molar-refractivity contribution in [1.29, 1.82) is 0 Å². The van der Waals surface area contributed by atoms with E-state index in [9.17, 15) is 4.79 Å². The van der Waals surface area contributed by atoms with Crippen LogP contribution in [0.1, 0.15) is 61.5 Å². The molecule has 114 valence electrons. The fourth-order valence-electron chi connectivity index (χ4n) is 3.90. The van der Waals surface area contributed by atoms with Gasteiger partial charge in [0.1, 0.15) is 5.15 Å². The van der Waals surface area contributed by atoms with E-state index in [1.807, 2.05) is 13.0 Å². The first kappa shape index (κ1) is 14.8. The van der Waals surface area contributed by atoms with Gasteiger partial charge in [-0.3, -0.25) is 4.79 Å². The van der Waals surface area contributed by atoms with Crippen LogP contribution in [-0.4, -0.2) is 28.4 Å². The number of hydrogen-bond acceptors (Lipinski definition) is 2. The van der Waals surface area contributed by atoms with Crippen molar-refractivity contribution in [2.24, 2.45) is 5.92 Å². The summed E-state index contributed by atoms with van der Waals surface area (Å²) in [4.78, 5) is 19.3. The molecule has 2 aliphatic rings. The fourth-order valence-corrected chi connectivity index (χ4v) is 4.12. The quantitative estimate of drug-likeness (QED) is 0.771. The molecule has 3 rings (SSSR count). The Morgan fingerprint density at radius 3 is 2.86 bits per heavy atom. The lowest BCUT2D eigenvalue weighted by atomic mass is 9.78. The van der Waals surface area contributed by atoms with Crippen LogP contribution in [0.15, 0.2) is 12.1 Å². The fraction of sp³-hybridized carbons (Fsp3) is 0.647. The highest BCUT2D eigenvalue weighted by Crippen LogP contribution is 2.36. The molecular formula is C17H23ClN2O. The average Bonchev–Trinajstić information content (AvgIpc) is 2.53. The second-order valence-corrected chi connectivity index (χ2v) is 6.66. The molecule has 2 atom stereocenters. The standard InChI is InChI=1S/C17H23ClN2O/c1-2-14-10-13(11-16(18)19-14)17(21)20-9-5-7-12-6-3-4-8-15(12)20/h10-12,15H,2-9H2,1H3/t12-,15-/m1/s1. The van der Waals surface area contributed by atoms with Crippen molar-refractivity contribution in [2.75, 3.05) is 6.54 Å². The van der Waals surface area contributed by atoms with Gasteiger partial charge in [0.05, 0.1) is 0 Å². The predicted octanol–water partition coefficient (Wildman–Crippen LogP) is 4.09. The van der Waals surface area contributed by atoms with Crippen molar-refractivity contribution in [2.45, 2.75) is 57.9 Å². The lowest BCUT2D eigenvalue weighted by molar-refractivity contribution is 0.0390. The molecule has 3 nitrogen and oxygen atoms in total. The molecule has 2 fully saturated rings. The molecule has 0 spiro atoms. The maximum absolute atomic E-state index is 12.9. The molecule has 2 heterocycles. The number of nitrogens with zero attached hydrogens (tertiary/aromatic N) is 2. The molecule has 1 aliphatic heterocycles. The van der Waals surface area contributed by atoms with E-state index in [4.69, 9.17) is 11.6 Å². The molecule has 4 heteroatoms. The summed E-state index contributed by atoms with van der Waals surface area (Å²) in [6, 6.07) is 4.06. The number of halogens is 1. The summed E-state index contributed by atoms with van der Waals surface area (Å²) in [5.74, 6) is 0.852. The number of fused-ring (bicyclic) bond motifs is 1. The Morgan fingerprint density at radius 1 is 1.29 bits per heavy atom. The lowest BCUT2D eigenvalue weighted by Crippen LogP contribution is -2.49. The molecule has 0 unspecified atom stereocenters. The van der Waals surface area contributed by atoms with Crippen LogP contribution >= 0.6 is 11.6 Å². The third-order valence-corrected chi connectivity index (χ3v) is 5.15. The first-order chi connectivity index (χ1) is 10.2. The monoisotopic (exact) mass is 306 g/mol. The minimum Gasteiger partial charge on any atom is -0.335 e. The zero-order chi connectivity index (χ0) is 14.8. The van der Waals surface area contributed by atoms with Crippen molar-refractivity contribution in [3.63, 3.8) is 0 Å². The van der Waals surface area contributed by atoms with E-state index in [0.717, 1.165) is 31.5 Å². The highest BCUT2D eigenvalue weighted by Gasteiger charge is 2.36. The molecule has 1 saturated heterocycles. The van der Waals surface area contributed by atoms with E-state index >= 15 is 0 Å². The third kappa shape index (κ3) is 3.08. The predicted molar refractivity (Wildman–Crippen MR) is 84.6 cm³/mol. The van der Waals surface area contributed by atoms with Gasteiger partial charge in [-0.05, 0) is 50.2 Å². The Labute approximate surface area is 131 Å². The van der Waals surface area contributed by atoms with E-state index in [1.165, 1.54) is 25.7 Å². The Kier molecular flexibility index (Phi) is 4.48. The van der Waals surface area contributed by atoms with E-state index < -0.39 is 0 Å².